The van der Waals surface area contributed by atoms with Gasteiger partial charge in [0.05, 0.1) is 13.2 Å². The van der Waals surface area contributed by atoms with Crippen molar-refractivity contribution in [3.05, 3.63) is 23.3 Å². The quantitative estimate of drug-likeness (QED) is 0.570. The van der Waals surface area contributed by atoms with Crippen LogP contribution in [0.2, 0.25) is 6.82 Å². The molecule has 0 bridgehead atoms. The van der Waals surface area contributed by atoms with Crippen molar-refractivity contribution in [3.8, 4) is 5.75 Å². The van der Waals surface area contributed by atoms with Gasteiger partial charge in [-0.2, -0.15) is 0 Å². The van der Waals surface area contributed by atoms with Crippen molar-refractivity contribution in [2.24, 2.45) is 0 Å². The van der Waals surface area contributed by atoms with Crippen molar-refractivity contribution in [1.82, 2.24) is 0 Å². The zero-order valence-electron chi connectivity index (χ0n) is 13.5. The molecule has 1 aliphatic rings. The number of aryl methyl sites for hydroxylation is 2. The summed E-state index contributed by atoms with van der Waals surface area (Å²) in [5.74, 6) is 0.949. The summed E-state index contributed by atoms with van der Waals surface area (Å²) in [4.78, 5) is 0. The van der Waals surface area contributed by atoms with E-state index in [1.807, 2.05) is 0 Å². The lowest BCUT2D eigenvalue weighted by Crippen LogP contribution is -2.23. The van der Waals surface area contributed by atoms with E-state index in [0.717, 1.165) is 31.6 Å². The van der Waals surface area contributed by atoms with Gasteiger partial charge in [0, 0.05) is 13.0 Å². The Morgan fingerprint density at radius 3 is 2.57 bits per heavy atom. The lowest BCUT2D eigenvalue weighted by Gasteiger charge is -2.22. The van der Waals surface area contributed by atoms with Crippen LogP contribution in [0, 0.1) is 13.8 Å². The maximum atomic E-state index is 5.82. The molecule has 1 saturated heterocycles. The fourth-order valence-electron chi connectivity index (χ4n) is 2.78. The molecule has 3 nitrogen and oxygen atoms in total. The summed E-state index contributed by atoms with van der Waals surface area (Å²) in [7, 11) is 2.15. The molecule has 1 heterocycles. The molecule has 0 aromatic heterocycles. The Labute approximate surface area is 129 Å². The topological polar surface area (TPSA) is 27.7 Å². The van der Waals surface area contributed by atoms with Gasteiger partial charge < -0.3 is 14.2 Å². The van der Waals surface area contributed by atoms with Crippen LogP contribution in [-0.4, -0.2) is 33.4 Å². The highest BCUT2D eigenvalue weighted by Crippen LogP contribution is 2.16. The first-order chi connectivity index (χ1) is 10.2. The first-order valence-corrected chi connectivity index (χ1v) is 7.97. The highest BCUT2D eigenvalue weighted by molar-refractivity contribution is 6.53. The Balaban J connectivity index is 1.68. The first-order valence-electron chi connectivity index (χ1n) is 7.97. The van der Waals surface area contributed by atoms with Crippen molar-refractivity contribution in [2.45, 2.75) is 52.6 Å². The summed E-state index contributed by atoms with van der Waals surface area (Å²) in [6.45, 7) is 8.53. The highest BCUT2D eigenvalue weighted by Gasteiger charge is 2.13. The van der Waals surface area contributed by atoms with Crippen molar-refractivity contribution in [2.75, 3.05) is 19.8 Å². The summed E-state index contributed by atoms with van der Waals surface area (Å²) in [5, 5.41) is 0. The molecular weight excluding hydrogens is 263 g/mol. The minimum absolute atomic E-state index is 0.00242. The number of benzene rings is 1. The third kappa shape index (κ3) is 5.04. The molecule has 1 atom stereocenters. The second-order valence-electron chi connectivity index (χ2n) is 5.63. The monoisotopic (exact) mass is 289 g/mol. The van der Waals surface area contributed by atoms with Gasteiger partial charge in [0.15, 0.2) is 6.29 Å². The van der Waals surface area contributed by atoms with Crippen LogP contribution in [0.15, 0.2) is 12.1 Å². The second kappa shape index (κ2) is 8.45. The maximum Gasteiger partial charge on any atom is 0.157 e. The molecule has 1 unspecified atom stereocenters. The Morgan fingerprint density at radius 2 is 1.95 bits per heavy atom. The molecule has 1 radical (unpaired) electrons. The van der Waals surface area contributed by atoms with E-state index in [0.29, 0.717) is 13.2 Å². The summed E-state index contributed by atoms with van der Waals surface area (Å²) >= 11 is 0. The van der Waals surface area contributed by atoms with E-state index in [4.69, 9.17) is 14.2 Å². The van der Waals surface area contributed by atoms with Gasteiger partial charge in [-0.05, 0) is 45.2 Å². The molecule has 1 fully saturated rings. The fourth-order valence-corrected chi connectivity index (χ4v) is 2.78. The molecule has 21 heavy (non-hydrogen) atoms. The number of ether oxygens (including phenoxy) is 3. The molecule has 0 amide bonds. The van der Waals surface area contributed by atoms with Gasteiger partial charge in [-0.15, -0.1) is 0 Å². The van der Waals surface area contributed by atoms with Gasteiger partial charge in [0.1, 0.15) is 13.0 Å². The van der Waals surface area contributed by atoms with E-state index in [1.165, 1.54) is 23.0 Å². The van der Waals surface area contributed by atoms with Crippen molar-refractivity contribution in [1.29, 1.82) is 0 Å². The van der Waals surface area contributed by atoms with E-state index in [2.05, 4.69) is 40.1 Å². The Hall–Kier alpha value is -0.995. The molecule has 0 spiro atoms. The normalized spacial score (nSPS) is 18.5. The third-order valence-corrected chi connectivity index (χ3v) is 3.85. The molecule has 0 saturated carbocycles. The average Bonchev–Trinajstić information content (AvgIpc) is 2.48. The zero-order chi connectivity index (χ0) is 15.1. The van der Waals surface area contributed by atoms with E-state index in [1.54, 1.807) is 0 Å². The summed E-state index contributed by atoms with van der Waals surface area (Å²) < 4.78 is 17.1. The fraction of sp³-hybridized carbons (Fsp3) is 0.647. The van der Waals surface area contributed by atoms with Crippen LogP contribution in [-0.2, 0) is 9.47 Å². The summed E-state index contributed by atoms with van der Waals surface area (Å²) in [6, 6.07) is 4.21. The van der Waals surface area contributed by atoms with Crippen LogP contribution in [0.3, 0.4) is 0 Å². The lowest BCUT2D eigenvalue weighted by atomic mass is 9.69. The minimum atomic E-state index is 0.00242. The predicted octanol–water partition coefficient (Wildman–Crippen LogP) is 2.99. The second-order valence-corrected chi connectivity index (χ2v) is 5.63. The summed E-state index contributed by atoms with van der Waals surface area (Å²) in [5.41, 5.74) is 3.83. The smallest absolute Gasteiger partial charge is 0.157 e. The van der Waals surface area contributed by atoms with E-state index in [-0.39, 0.29) is 6.29 Å². The Morgan fingerprint density at radius 1 is 1.19 bits per heavy atom. The molecule has 4 heteroatoms. The predicted molar refractivity (Wildman–Crippen MR) is 86.8 cm³/mol. The van der Waals surface area contributed by atoms with Crippen molar-refractivity contribution in [3.63, 3.8) is 0 Å². The SMILES string of the molecule is C[B]c1c(C)cc(OCCCOC2CCCCO2)cc1C. The first kappa shape index (κ1) is 16.4. The number of hydrogen-bond acceptors (Lipinski definition) is 3. The molecule has 1 aromatic carbocycles. The maximum absolute atomic E-state index is 5.82. The van der Waals surface area contributed by atoms with Crippen LogP contribution >= 0.6 is 0 Å². The summed E-state index contributed by atoms with van der Waals surface area (Å²) in [6.07, 6.45) is 4.28. The highest BCUT2D eigenvalue weighted by atomic mass is 16.7. The molecule has 1 aromatic rings. The average molecular weight is 289 g/mol. The van der Waals surface area contributed by atoms with Gasteiger partial charge in [0.25, 0.3) is 0 Å². The van der Waals surface area contributed by atoms with Gasteiger partial charge >= 0.3 is 0 Å². The van der Waals surface area contributed by atoms with E-state index in [9.17, 15) is 0 Å². The van der Waals surface area contributed by atoms with Gasteiger partial charge in [-0.3, -0.25) is 0 Å². The van der Waals surface area contributed by atoms with Gasteiger partial charge in [-0.25, -0.2) is 0 Å². The molecule has 115 valence electrons. The van der Waals surface area contributed by atoms with E-state index < -0.39 is 0 Å². The number of hydrogen-bond donors (Lipinski definition) is 0. The molecule has 1 aliphatic heterocycles. The van der Waals surface area contributed by atoms with Crippen LogP contribution in [0.4, 0.5) is 0 Å². The minimum Gasteiger partial charge on any atom is -0.493 e. The standard InChI is InChI=1S/C17H26BO3/c1-13-11-15(12-14(2)17(13)18-3)19-9-6-10-21-16-7-4-5-8-20-16/h11-12,16H,4-10H2,1-3H3. The van der Waals surface area contributed by atoms with Crippen LogP contribution in [0.25, 0.3) is 0 Å². The van der Waals surface area contributed by atoms with E-state index >= 15 is 0 Å². The molecular formula is C17H26BO3. The van der Waals surface area contributed by atoms with Crippen LogP contribution in [0.1, 0.15) is 36.8 Å². The van der Waals surface area contributed by atoms with Crippen molar-refractivity contribution >= 4 is 12.7 Å². The Kier molecular flexibility index (Phi) is 6.59. The van der Waals surface area contributed by atoms with Crippen molar-refractivity contribution < 1.29 is 14.2 Å². The molecule has 0 aliphatic carbocycles. The third-order valence-electron chi connectivity index (χ3n) is 3.85. The van der Waals surface area contributed by atoms with Gasteiger partial charge in [0.2, 0.25) is 0 Å². The van der Waals surface area contributed by atoms with Crippen LogP contribution < -0.4 is 10.2 Å². The largest absolute Gasteiger partial charge is 0.493 e. The Bertz CT molecular complexity index is 419. The van der Waals surface area contributed by atoms with Crippen LogP contribution in [0.5, 0.6) is 5.75 Å². The lowest BCUT2D eigenvalue weighted by molar-refractivity contribution is -0.163. The molecule has 0 N–H and O–H groups in total. The zero-order valence-corrected chi connectivity index (χ0v) is 13.5. The molecule has 2 rings (SSSR count). The number of rotatable bonds is 7. The van der Waals surface area contributed by atoms with Gasteiger partial charge in [-0.1, -0.05) is 23.4 Å².